The van der Waals surface area contributed by atoms with Gasteiger partial charge in [-0.05, 0) is 30.2 Å². The van der Waals surface area contributed by atoms with Gasteiger partial charge >= 0.3 is 6.03 Å². The molecule has 0 unspecified atom stereocenters. The van der Waals surface area contributed by atoms with E-state index in [0.717, 1.165) is 5.56 Å². The lowest BCUT2D eigenvalue weighted by molar-refractivity contribution is -0.349. The average molecular weight is 334 g/mol. The van der Waals surface area contributed by atoms with Crippen molar-refractivity contribution in [1.82, 2.24) is 5.32 Å². The first-order valence-corrected chi connectivity index (χ1v) is 7.23. The largest absolute Gasteiger partial charge is 0.619 e. The molecule has 2 aromatic carbocycles. The number of benzene rings is 2. The first-order chi connectivity index (χ1) is 11.0. The summed E-state index contributed by atoms with van der Waals surface area (Å²) in [4.78, 5) is 11.8. The number of aromatic hydroxyl groups is 1. The van der Waals surface area contributed by atoms with Gasteiger partial charge in [-0.25, -0.2) is 4.79 Å². The van der Waals surface area contributed by atoms with Crippen molar-refractivity contribution < 1.29 is 14.6 Å². The zero-order chi connectivity index (χ0) is 16.8. The van der Waals surface area contributed by atoms with E-state index in [0.29, 0.717) is 29.1 Å². The lowest BCUT2D eigenvalue weighted by Crippen LogP contribution is -2.30. The van der Waals surface area contributed by atoms with Crippen molar-refractivity contribution >= 4 is 35.7 Å². The van der Waals surface area contributed by atoms with Crippen LogP contribution < -0.4 is 10.6 Å². The number of urea groups is 1. The van der Waals surface area contributed by atoms with Crippen molar-refractivity contribution in [2.45, 2.75) is 6.42 Å². The highest BCUT2D eigenvalue weighted by Crippen LogP contribution is 2.26. The highest BCUT2D eigenvalue weighted by atomic mass is 35.5. The lowest BCUT2D eigenvalue weighted by atomic mass is 10.1. The molecule has 6 nitrogen and oxygen atoms in total. The molecule has 0 atom stereocenters. The molecule has 0 bridgehead atoms. The summed E-state index contributed by atoms with van der Waals surface area (Å²) in [6, 6.07) is 10.8. The number of amides is 2. The molecule has 0 heterocycles. The Morgan fingerprint density at radius 3 is 2.57 bits per heavy atom. The number of phenolic OH excluding ortho intramolecular Hbond substituents is 1. The van der Waals surface area contributed by atoms with Crippen molar-refractivity contribution in [1.29, 1.82) is 0 Å². The highest BCUT2D eigenvalue weighted by molar-refractivity contribution is 6.33. The van der Waals surface area contributed by atoms with Gasteiger partial charge in [-0.15, -0.1) is 0 Å². The minimum atomic E-state index is -0.396. The molecule has 0 fully saturated rings. The van der Waals surface area contributed by atoms with E-state index in [1.807, 2.05) is 0 Å². The van der Waals surface area contributed by atoms with Crippen molar-refractivity contribution in [3.63, 3.8) is 0 Å². The molecular formula is C16H16ClN3O3. The standard InChI is InChI=1S/C16H16ClN3O3/c1-20(23)12-4-7-15(14(17)10-12)19-16(22)18-9-8-11-2-5-13(21)6-3-11/h2-7,10,21H,1,8-9H2,(H2,18,19,22). The maximum Gasteiger partial charge on any atom is 0.319 e. The molecule has 0 aliphatic rings. The van der Waals surface area contributed by atoms with Crippen molar-refractivity contribution in [3.8, 4) is 5.75 Å². The maximum absolute atomic E-state index is 11.8. The summed E-state index contributed by atoms with van der Waals surface area (Å²) in [7, 11) is 0. The SMILES string of the molecule is C=[N+]([O-])c1ccc(NC(=O)NCCc2ccc(O)cc2)c(Cl)c1. The van der Waals surface area contributed by atoms with Gasteiger partial charge in [0.2, 0.25) is 5.69 Å². The number of rotatable bonds is 5. The van der Waals surface area contributed by atoms with Gasteiger partial charge in [-0.3, -0.25) is 0 Å². The minimum Gasteiger partial charge on any atom is -0.619 e. The summed E-state index contributed by atoms with van der Waals surface area (Å²) >= 11 is 6.00. The van der Waals surface area contributed by atoms with Crippen molar-refractivity contribution in [3.05, 3.63) is 58.3 Å². The van der Waals surface area contributed by atoms with Crippen LogP contribution in [0, 0.1) is 5.21 Å². The number of anilines is 1. The number of nitrogens with zero attached hydrogens (tertiary/aromatic N) is 1. The molecule has 2 rings (SSSR count). The highest BCUT2D eigenvalue weighted by Gasteiger charge is 2.08. The Morgan fingerprint density at radius 2 is 1.96 bits per heavy atom. The van der Waals surface area contributed by atoms with Gasteiger partial charge in [-0.1, -0.05) is 23.7 Å². The van der Waals surface area contributed by atoms with E-state index in [9.17, 15) is 15.1 Å². The molecule has 0 spiro atoms. The smallest absolute Gasteiger partial charge is 0.319 e. The molecule has 0 aliphatic heterocycles. The van der Waals surface area contributed by atoms with Gasteiger partial charge in [0, 0.05) is 18.7 Å². The second kappa shape index (κ2) is 7.51. The quantitative estimate of drug-likeness (QED) is 0.340. The Bertz CT molecular complexity index is 717. The van der Waals surface area contributed by atoms with Crippen molar-refractivity contribution in [2.24, 2.45) is 0 Å². The average Bonchev–Trinajstić information content (AvgIpc) is 2.51. The van der Waals surface area contributed by atoms with E-state index in [-0.39, 0.29) is 10.8 Å². The molecule has 0 aliphatic carbocycles. The fourth-order valence-corrected chi connectivity index (χ4v) is 2.13. The van der Waals surface area contributed by atoms with Crippen LogP contribution in [0.5, 0.6) is 5.75 Å². The van der Waals surface area contributed by atoms with Gasteiger partial charge in [0.15, 0.2) is 0 Å². The van der Waals surface area contributed by atoms with Crippen LogP contribution in [0.4, 0.5) is 16.2 Å². The number of hydrogen-bond donors (Lipinski definition) is 3. The summed E-state index contributed by atoms with van der Waals surface area (Å²) in [5.41, 5.74) is 1.70. The maximum atomic E-state index is 11.8. The van der Waals surface area contributed by atoms with Gasteiger partial charge in [0.1, 0.15) is 12.5 Å². The van der Waals surface area contributed by atoms with E-state index in [4.69, 9.17) is 11.6 Å². The number of halogens is 1. The van der Waals surface area contributed by atoms with Gasteiger partial charge in [0.25, 0.3) is 0 Å². The summed E-state index contributed by atoms with van der Waals surface area (Å²) in [5, 5.41) is 25.8. The van der Waals surface area contributed by atoms with Crippen LogP contribution in [0.25, 0.3) is 0 Å². The fraction of sp³-hybridized carbons (Fsp3) is 0.125. The molecule has 2 amide bonds. The predicted molar refractivity (Wildman–Crippen MR) is 90.7 cm³/mol. The third-order valence-corrected chi connectivity index (χ3v) is 3.44. The van der Waals surface area contributed by atoms with Crippen LogP contribution in [0.3, 0.4) is 0 Å². The zero-order valence-corrected chi connectivity index (χ0v) is 13.0. The van der Waals surface area contributed by atoms with Gasteiger partial charge < -0.3 is 20.9 Å². The number of carbonyl (C=O) groups excluding carboxylic acids is 1. The third-order valence-electron chi connectivity index (χ3n) is 3.12. The van der Waals surface area contributed by atoms with E-state index in [1.54, 1.807) is 24.3 Å². The lowest BCUT2D eigenvalue weighted by Gasteiger charge is -2.10. The van der Waals surface area contributed by atoms with Crippen LogP contribution in [0.2, 0.25) is 5.02 Å². The van der Waals surface area contributed by atoms with Crippen molar-refractivity contribution in [2.75, 3.05) is 11.9 Å². The Labute approximate surface area is 138 Å². The number of phenols is 1. The fourth-order valence-electron chi connectivity index (χ4n) is 1.91. The number of hydrogen-bond acceptors (Lipinski definition) is 3. The Kier molecular flexibility index (Phi) is 5.43. The van der Waals surface area contributed by atoms with Gasteiger partial charge in [0.05, 0.1) is 10.7 Å². The van der Waals surface area contributed by atoms with Crippen LogP contribution >= 0.6 is 11.6 Å². The number of nitrogens with one attached hydrogen (secondary N) is 2. The Hall–Kier alpha value is -2.73. The second-order valence-corrected chi connectivity index (χ2v) is 5.25. The predicted octanol–water partition coefficient (Wildman–Crippen LogP) is 3.25. The summed E-state index contributed by atoms with van der Waals surface area (Å²) in [5.74, 6) is 0.205. The molecule has 120 valence electrons. The van der Waals surface area contributed by atoms with E-state index in [2.05, 4.69) is 17.4 Å². The summed E-state index contributed by atoms with van der Waals surface area (Å²) < 4.78 is 0.438. The number of carbonyl (C=O) groups is 1. The molecular weight excluding hydrogens is 318 g/mol. The van der Waals surface area contributed by atoms with E-state index in [1.165, 1.54) is 18.2 Å². The van der Waals surface area contributed by atoms with E-state index < -0.39 is 6.03 Å². The topological polar surface area (TPSA) is 87.4 Å². The molecule has 3 N–H and O–H groups in total. The summed E-state index contributed by atoms with van der Waals surface area (Å²) in [6.07, 6.45) is 0.632. The molecule has 0 radical (unpaired) electrons. The normalized spacial score (nSPS) is 10.1. The second-order valence-electron chi connectivity index (χ2n) is 4.84. The summed E-state index contributed by atoms with van der Waals surface area (Å²) in [6.45, 7) is 3.65. The van der Waals surface area contributed by atoms with Gasteiger partial charge in [-0.2, -0.15) is 4.74 Å². The molecule has 0 saturated heterocycles. The minimum absolute atomic E-state index is 0.205. The molecule has 23 heavy (non-hydrogen) atoms. The Morgan fingerprint density at radius 1 is 1.26 bits per heavy atom. The molecule has 2 aromatic rings. The molecule has 0 saturated carbocycles. The molecule has 0 aromatic heterocycles. The third kappa shape index (κ3) is 4.89. The van der Waals surface area contributed by atoms with E-state index >= 15 is 0 Å². The van der Waals surface area contributed by atoms with Crippen LogP contribution in [-0.4, -0.2) is 29.1 Å². The van der Waals surface area contributed by atoms with Crippen LogP contribution in [-0.2, 0) is 6.42 Å². The first kappa shape index (κ1) is 16.6. The molecule has 7 heteroatoms. The van der Waals surface area contributed by atoms with Crippen LogP contribution in [0.1, 0.15) is 5.56 Å². The first-order valence-electron chi connectivity index (χ1n) is 6.86. The monoisotopic (exact) mass is 333 g/mol. The van der Waals surface area contributed by atoms with Crippen LogP contribution in [0.15, 0.2) is 42.5 Å². The Balaban J connectivity index is 1.85. The zero-order valence-electron chi connectivity index (χ0n) is 12.3.